The van der Waals surface area contributed by atoms with Crippen molar-refractivity contribution in [3.63, 3.8) is 0 Å². The molecule has 0 bridgehead atoms. The second-order valence-electron chi connectivity index (χ2n) is 3.46. The molecule has 0 saturated carbocycles. The monoisotopic (exact) mass is 232 g/mol. The molecule has 1 unspecified atom stereocenters. The Morgan fingerprint density at radius 3 is 2.56 bits per heavy atom. The van der Waals surface area contributed by atoms with E-state index in [1.165, 1.54) is 6.92 Å². The Hall–Kier alpha value is -1.14. The summed E-state index contributed by atoms with van der Waals surface area (Å²) in [6, 6.07) is -1.39. The second kappa shape index (κ2) is 8.06. The van der Waals surface area contributed by atoms with E-state index in [0.29, 0.717) is 19.4 Å². The molecule has 0 aromatic carbocycles. The largest absolute Gasteiger partial charge is 0.480 e. The number of esters is 1. The number of hydrogen-bond acceptors (Lipinski definition) is 5. The molecule has 4 N–H and O–H groups in total. The molecule has 0 aliphatic rings. The second-order valence-corrected chi connectivity index (χ2v) is 3.46. The maximum atomic E-state index is 11.5. The number of nitrogens with two attached hydrogens (primary N) is 1. The number of hydrogen-bond donors (Lipinski definition) is 3. The summed E-state index contributed by atoms with van der Waals surface area (Å²) < 4.78 is 4.85. The summed E-state index contributed by atoms with van der Waals surface area (Å²) in [4.78, 5) is 22.1. The van der Waals surface area contributed by atoms with E-state index in [0.717, 1.165) is 0 Å². The van der Waals surface area contributed by atoms with Gasteiger partial charge in [0, 0.05) is 0 Å². The van der Waals surface area contributed by atoms with Gasteiger partial charge >= 0.3 is 11.9 Å². The van der Waals surface area contributed by atoms with Gasteiger partial charge in [-0.15, -0.1) is 0 Å². The third-order valence-electron chi connectivity index (χ3n) is 2.09. The van der Waals surface area contributed by atoms with Crippen LogP contribution in [0.25, 0.3) is 0 Å². The number of carbonyl (C=O) groups excluding carboxylic acids is 1. The van der Waals surface area contributed by atoms with Crippen LogP contribution in [0.5, 0.6) is 0 Å². The lowest BCUT2D eigenvalue weighted by molar-refractivity contribution is -0.147. The number of rotatable bonds is 8. The van der Waals surface area contributed by atoms with E-state index in [-0.39, 0.29) is 6.61 Å². The maximum absolute atomic E-state index is 11.5. The minimum absolute atomic E-state index is 0.279. The van der Waals surface area contributed by atoms with E-state index >= 15 is 0 Å². The summed E-state index contributed by atoms with van der Waals surface area (Å²) in [5, 5.41) is 11.4. The van der Waals surface area contributed by atoms with Crippen molar-refractivity contribution in [1.82, 2.24) is 5.32 Å². The van der Waals surface area contributed by atoms with Crippen molar-refractivity contribution >= 4 is 11.9 Å². The van der Waals surface area contributed by atoms with Crippen LogP contribution >= 0.6 is 0 Å². The van der Waals surface area contributed by atoms with Crippen molar-refractivity contribution in [2.45, 2.75) is 38.8 Å². The molecule has 0 fully saturated rings. The van der Waals surface area contributed by atoms with Gasteiger partial charge < -0.3 is 15.6 Å². The fourth-order valence-corrected chi connectivity index (χ4v) is 1.21. The van der Waals surface area contributed by atoms with Crippen LogP contribution in [-0.2, 0) is 14.3 Å². The third-order valence-corrected chi connectivity index (χ3v) is 2.09. The highest BCUT2D eigenvalue weighted by molar-refractivity contribution is 5.78. The molecular formula is C10H20N2O4. The van der Waals surface area contributed by atoms with E-state index in [2.05, 4.69) is 5.32 Å². The molecule has 6 heteroatoms. The third kappa shape index (κ3) is 5.67. The molecule has 16 heavy (non-hydrogen) atoms. The van der Waals surface area contributed by atoms with Crippen molar-refractivity contribution in [2.24, 2.45) is 5.73 Å². The summed E-state index contributed by atoms with van der Waals surface area (Å²) in [7, 11) is 0. The first kappa shape index (κ1) is 14.9. The van der Waals surface area contributed by atoms with E-state index in [1.807, 2.05) is 0 Å². The fraction of sp³-hybridized carbons (Fsp3) is 0.800. The molecule has 0 spiro atoms. The lowest BCUT2D eigenvalue weighted by Gasteiger charge is -2.19. The standard InChI is InChI=1S/C10H20N2O4/c1-3-16-10(15)8(5-4-6-11)12-7(2)9(13)14/h7-8,12H,3-6,11H2,1-2H3,(H,13,14)/t7-,8?/m0/s1. The van der Waals surface area contributed by atoms with Crippen LogP contribution in [0, 0.1) is 0 Å². The first-order valence-electron chi connectivity index (χ1n) is 5.38. The Morgan fingerprint density at radius 2 is 2.12 bits per heavy atom. The fourth-order valence-electron chi connectivity index (χ4n) is 1.21. The highest BCUT2D eigenvalue weighted by Crippen LogP contribution is 2.01. The van der Waals surface area contributed by atoms with Gasteiger partial charge in [0.25, 0.3) is 0 Å². The van der Waals surface area contributed by atoms with Crippen molar-refractivity contribution < 1.29 is 19.4 Å². The zero-order chi connectivity index (χ0) is 12.6. The summed E-state index contributed by atoms with van der Waals surface area (Å²) >= 11 is 0. The van der Waals surface area contributed by atoms with Gasteiger partial charge in [0.15, 0.2) is 0 Å². The van der Waals surface area contributed by atoms with Crippen LogP contribution in [-0.4, -0.2) is 42.3 Å². The van der Waals surface area contributed by atoms with Crippen molar-refractivity contribution in [2.75, 3.05) is 13.2 Å². The Kier molecular flexibility index (Phi) is 7.49. The predicted octanol–water partition coefficient (Wildman–Crippen LogP) is -0.280. The van der Waals surface area contributed by atoms with Crippen LogP contribution < -0.4 is 11.1 Å². The highest BCUT2D eigenvalue weighted by atomic mass is 16.5. The Balaban J connectivity index is 4.29. The molecule has 0 rings (SSSR count). The number of carboxylic acid groups (broad SMARTS) is 1. The van der Waals surface area contributed by atoms with Crippen LogP contribution in [0.1, 0.15) is 26.7 Å². The normalized spacial score (nSPS) is 14.2. The van der Waals surface area contributed by atoms with E-state index in [1.54, 1.807) is 6.92 Å². The van der Waals surface area contributed by atoms with Crippen molar-refractivity contribution in [3.05, 3.63) is 0 Å². The highest BCUT2D eigenvalue weighted by Gasteiger charge is 2.23. The van der Waals surface area contributed by atoms with Gasteiger partial charge in [0.05, 0.1) is 6.61 Å². The number of carbonyl (C=O) groups is 2. The average molecular weight is 232 g/mol. The molecule has 0 aromatic heterocycles. The maximum Gasteiger partial charge on any atom is 0.323 e. The lowest BCUT2D eigenvalue weighted by atomic mass is 10.1. The number of ether oxygens (including phenoxy) is 1. The molecule has 94 valence electrons. The minimum atomic E-state index is -0.998. The molecular weight excluding hydrogens is 212 g/mol. The van der Waals surface area contributed by atoms with E-state index in [9.17, 15) is 9.59 Å². The first-order chi connectivity index (χ1) is 7.52. The Morgan fingerprint density at radius 1 is 1.50 bits per heavy atom. The SMILES string of the molecule is CCOC(=O)C(CCCN)N[C@@H](C)C(=O)O. The van der Waals surface area contributed by atoms with Crippen molar-refractivity contribution in [3.8, 4) is 0 Å². The predicted molar refractivity (Wildman–Crippen MR) is 58.9 cm³/mol. The van der Waals surface area contributed by atoms with Gasteiger partial charge in [0.1, 0.15) is 12.1 Å². The molecule has 0 aliphatic heterocycles. The van der Waals surface area contributed by atoms with Crippen LogP contribution in [0.15, 0.2) is 0 Å². The number of aliphatic carboxylic acids is 1. The van der Waals surface area contributed by atoms with Gasteiger partial charge in [0.2, 0.25) is 0 Å². The van der Waals surface area contributed by atoms with Crippen LogP contribution in [0.4, 0.5) is 0 Å². The van der Waals surface area contributed by atoms with Gasteiger partial charge in [-0.1, -0.05) is 0 Å². The molecule has 0 amide bonds. The minimum Gasteiger partial charge on any atom is -0.480 e. The van der Waals surface area contributed by atoms with E-state index in [4.69, 9.17) is 15.6 Å². The molecule has 0 aliphatic carbocycles. The molecule has 2 atom stereocenters. The van der Waals surface area contributed by atoms with Crippen LogP contribution in [0.3, 0.4) is 0 Å². The molecule has 0 heterocycles. The zero-order valence-corrected chi connectivity index (χ0v) is 9.73. The van der Waals surface area contributed by atoms with Gasteiger partial charge in [-0.25, -0.2) is 0 Å². The molecule has 0 radical (unpaired) electrons. The summed E-state index contributed by atoms with van der Waals surface area (Å²) in [5.41, 5.74) is 5.35. The molecule has 6 nitrogen and oxygen atoms in total. The summed E-state index contributed by atoms with van der Waals surface area (Å²) in [6.07, 6.45) is 1.12. The summed E-state index contributed by atoms with van der Waals surface area (Å²) in [5.74, 6) is -1.42. The summed E-state index contributed by atoms with van der Waals surface area (Å²) in [6.45, 7) is 3.93. The lowest BCUT2D eigenvalue weighted by Crippen LogP contribution is -2.46. The topological polar surface area (TPSA) is 102 Å². The van der Waals surface area contributed by atoms with Crippen LogP contribution in [0.2, 0.25) is 0 Å². The van der Waals surface area contributed by atoms with Gasteiger partial charge in [-0.3, -0.25) is 14.9 Å². The van der Waals surface area contributed by atoms with Gasteiger partial charge in [-0.2, -0.15) is 0 Å². The Labute approximate surface area is 95.1 Å². The molecule has 0 saturated heterocycles. The Bertz CT molecular complexity index is 233. The number of nitrogens with one attached hydrogen (secondary N) is 1. The number of carboxylic acids is 1. The quantitative estimate of drug-likeness (QED) is 0.497. The van der Waals surface area contributed by atoms with E-state index < -0.39 is 24.0 Å². The smallest absolute Gasteiger partial charge is 0.323 e. The first-order valence-corrected chi connectivity index (χ1v) is 5.38. The van der Waals surface area contributed by atoms with Crippen molar-refractivity contribution in [1.29, 1.82) is 0 Å². The molecule has 0 aromatic rings. The zero-order valence-electron chi connectivity index (χ0n) is 9.73. The van der Waals surface area contributed by atoms with Gasteiger partial charge in [-0.05, 0) is 33.2 Å². The average Bonchev–Trinajstić information content (AvgIpc) is 2.23.